The lowest BCUT2D eigenvalue weighted by Gasteiger charge is -2.23. The van der Waals surface area contributed by atoms with Gasteiger partial charge < -0.3 is 19.5 Å². The molecule has 7 nitrogen and oxygen atoms in total. The van der Waals surface area contributed by atoms with Crippen LogP contribution in [-0.4, -0.2) is 48.2 Å². The minimum absolute atomic E-state index is 0.405. The highest BCUT2D eigenvalue weighted by atomic mass is 16.5. The molecule has 1 aliphatic rings. The maximum absolute atomic E-state index is 5.66. The predicted molar refractivity (Wildman–Crippen MR) is 89.3 cm³/mol. The van der Waals surface area contributed by atoms with Gasteiger partial charge in [-0.3, -0.25) is 0 Å². The van der Waals surface area contributed by atoms with Gasteiger partial charge in [-0.05, 0) is 24.1 Å². The van der Waals surface area contributed by atoms with Crippen LogP contribution in [0.3, 0.4) is 0 Å². The van der Waals surface area contributed by atoms with Crippen LogP contribution in [0.5, 0.6) is 11.5 Å². The van der Waals surface area contributed by atoms with E-state index < -0.39 is 0 Å². The maximum Gasteiger partial charge on any atom is 0.161 e. The molecule has 0 spiro atoms. The first-order chi connectivity index (χ1) is 11.8. The Balaban J connectivity index is 1.55. The van der Waals surface area contributed by atoms with Crippen LogP contribution in [0.4, 0.5) is 0 Å². The molecule has 1 aromatic heterocycles. The summed E-state index contributed by atoms with van der Waals surface area (Å²) in [7, 11) is 3.31. The summed E-state index contributed by atoms with van der Waals surface area (Å²) >= 11 is 0. The Kier molecular flexibility index (Phi) is 5.66. The Bertz CT molecular complexity index is 659. The highest BCUT2D eigenvalue weighted by Gasteiger charge is 2.19. The van der Waals surface area contributed by atoms with E-state index in [9.17, 15) is 0 Å². The van der Waals surface area contributed by atoms with Gasteiger partial charge >= 0.3 is 0 Å². The fourth-order valence-electron chi connectivity index (χ4n) is 2.84. The first kappa shape index (κ1) is 16.7. The van der Waals surface area contributed by atoms with Gasteiger partial charge in [-0.15, -0.1) is 0 Å². The van der Waals surface area contributed by atoms with Crippen molar-refractivity contribution >= 4 is 0 Å². The average Bonchev–Trinajstić information content (AvgIpc) is 3.08. The first-order valence-corrected chi connectivity index (χ1v) is 8.19. The summed E-state index contributed by atoms with van der Waals surface area (Å²) in [6.45, 7) is 2.71. The van der Waals surface area contributed by atoms with E-state index in [0.29, 0.717) is 19.3 Å². The van der Waals surface area contributed by atoms with Gasteiger partial charge in [-0.2, -0.15) is 5.10 Å². The van der Waals surface area contributed by atoms with E-state index in [-0.39, 0.29) is 0 Å². The summed E-state index contributed by atoms with van der Waals surface area (Å²) in [4.78, 5) is 4.26. The summed E-state index contributed by atoms with van der Waals surface area (Å²) in [5, 5.41) is 7.84. The SMILES string of the molecule is COCCOc1ccc(CN[C@@H]2CCc3ncnn3C2)cc1OC. The minimum Gasteiger partial charge on any atom is -0.493 e. The third kappa shape index (κ3) is 4.04. The van der Waals surface area contributed by atoms with Crippen LogP contribution < -0.4 is 14.8 Å². The second-order valence-electron chi connectivity index (χ2n) is 5.80. The van der Waals surface area contributed by atoms with Gasteiger partial charge in [0.2, 0.25) is 0 Å². The highest BCUT2D eigenvalue weighted by Crippen LogP contribution is 2.28. The lowest BCUT2D eigenvalue weighted by molar-refractivity contribution is 0.144. The van der Waals surface area contributed by atoms with Crippen molar-refractivity contribution in [1.82, 2.24) is 20.1 Å². The molecule has 0 amide bonds. The van der Waals surface area contributed by atoms with Crippen molar-refractivity contribution in [3.05, 3.63) is 35.9 Å². The molecule has 3 rings (SSSR count). The molecule has 0 saturated heterocycles. The lowest BCUT2D eigenvalue weighted by Crippen LogP contribution is -2.37. The standard InChI is InChI=1S/C17H24N4O3/c1-22-7-8-24-15-5-3-13(9-16(15)23-2)10-18-14-4-6-17-19-12-20-21(17)11-14/h3,5,9,12,14,18H,4,6-8,10-11H2,1-2H3/t14-/m1/s1. The van der Waals surface area contributed by atoms with E-state index in [1.54, 1.807) is 20.5 Å². The minimum atomic E-state index is 0.405. The third-order valence-electron chi connectivity index (χ3n) is 4.17. The molecule has 2 aromatic rings. The fraction of sp³-hybridized carbons (Fsp3) is 0.529. The largest absolute Gasteiger partial charge is 0.493 e. The van der Waals surface area contributed by atoms with Gasteiger partial charge in [0.05, 0.1) is 20.3 Å². The number of fused-ring (bicyclic) bond motifs is 1. The molecule has 1 N–H and O–H groups in total. The van der Waals surface area contributed by atoms with Crippen LogP contribution in [0.15, 0.2) is 24.5 Å². The molecule has 0 aliphatic carbocycles. The predicted octanol–water partition coefficient (Wildman–Crippen LogP) is 1.42. The van der Waals surface area contributed by atoms with Crippen molar-refractivity contribution < 1.29 is 14.2 Å². The molecule has 0 fully saturated rings. The molecule has 130 valence electrons. The maximum atomic E-state index is 5.66. The van der Waals surface area contributed by atoms with Gasteiger partial charge in [0.15, 0.2) is 11.5 Å². The molecule has 2 heterocycles. The fourth-order valence-corrected chi connectivity index (χ4v) is 2.84. The number of rotatable bonds is 8. The van der Waals surface area contributed by atoms with Crippen molar-refractivity contribution in [2.24, 2.45) is 0 Å². The lowest BCUT2D eigenvalue weighted by atomic mass is 10.1. The van der Waals surface area contributed by atoms with Crippen LogP contribution >= 0.6 is 0 Å². The number of ether oxygens (including phenoxy) is 3. The van der Waals surface area contributed by atoms with Gasteiger partial charge in [-0.25, -0.2) is 9.67 Å². The molecule has 1 atom stereocenters. The van der Waals surface area contributed by atoms with Crippen molar-refractivity contribution in [2.45, 2.75) is 32.0 Å². The van der Waals surface area contributed by atoms with Gasteiger partial charge in [-0.1, -0.05) is 6.07 Å². The quantitative estimate of drug-likeness (QED) is 0.737. The Labute approximate surface area is 141 Å². The number of hydrogen-bond acceptors (Lipinski definition) is 6. The second-order valence-corrected chi connectivity index (χ2v) is 5.80. The average molecular weight is 332 g/mol. The topological polar surface area (TPSA) is 70.4 Å². The smallest absolute Gasteiger partial charge is 0.161 e. The number of nitrogens with zero attached hydrogens (tertiary/aromatic N) is 3. The van der Waals surface area contributed by atoms with E-state index in [0.717, 1.165) is 48.8 Å². The zero-order valence-corrected chi connectivity index (χ0v) is 14.2. The third-order valence-corrected chi connectivity index (χ3v) is 4.17. The van der Waals surface area contributed by atoms with Crippen LogP contribution in [0.25, 0.3) is 0 Å². The summed E-state index contributed by atoms with van der Waals surface area (Å²) in [6.07, 6.45) is 3.67. The number of aryl methyl sites for hydroxylation is 1. The van der Waals surface area contributed by atoms with E-state index >= 15 is 0 Å². The number of nitrogens with one attached hydrogen (secondary N) is 1. The van der Waals surface area contributed by atoms with Crippen LogP contribution in [-0.2, 0) is 24.2 Å². The summed E-state index contributed by atoms with van der Waals surface area (Å²) in [6, 6.07) is 6.42. The molecule has 0 saturated carbocycles. The number of methoxy groups -OCH3 is 2. The van der Waals surface area contributed by atoms with Crippen LogP contribution in [0.1, 0.15) is 17.8 Å². The van der Waals surface area contributed by atoms with Gasteiger partial charge in [0, 0.05) is 26.1 Å². The van der Waals surface area contributed by atoms with E-state index in [4.69, 9.17) is 14.2 Å². The number of aromatic nitrogens is 3. The Hall–Kier alpha value is -2.12. The molecule has 1 aromatic carbocycles. The molecular formula is C17H24N4O3. The monoisotopic (exact) mass is 332 g/mol. The number of benzene rings is 1. The highest BCUT2D eigenvalue weighted by molar-refractivity contribution is 5.43. The Morgan fingerprint density at radius 2 is 2.17 bits per heavy atom. The zero-order chi connectivity index (χ0) is 16.8. The molecule has 1 aliphatic heterocycles. The van der Waals surface area contributed by atoms with Gasteiger partial charge in [0.25, 0.3) is 0 Å². The van der Waals surface area contributed by atoms with Crippen LogP contribution in [0, 0.1) is 0 Å². The van der Waals surface area contributed by atoms with Crippen molar-refractivity contribution in [1.29, 1.82) is 0 Å². The summed E-state index contributed by atoms with van der Waals surface area (Å²) < 4.78 is 18.1. The van der Waals surface area contributed by atoms with Crippen molar-refractivity contribution in [3.63, 3.8) is 0 Å². The van der Waals surface area contributed by atoms with Crippen molar-refractivity contribution in [2.75, 3.05) is 27.4 Å². The Morgan fingerprint density at radius 1 is 1.25 bits per heavy atom. The van der Waals surface area contributed by atoms with E-state index in [2.05, 4.69) is 21.5 Å². The van der Waals surface area contributed by atoms with Crippen molar-refractivity contribution in [3.8, 4) is 11.5 Å². The van der Waals surface area contributed by atoms with Crippen LogP contribution in [0.2, 0.25) is 0 Å². The molecule has 7 heteroatoms. The zero-order valence-electron chi connectivity index (χ0n) is 14.2. The van der Waals surface area contributed by atoms with E-state index in [1.807, 2.05) is 16.8 Å². The van der Waals surface area contributed by atoms with Gasteiger partial charge in [0.1, 0.15) is 18.8 Å². The first-order valence-electron chi connectivity index (χ1n) is 8.19. The Morgan fingerprint density at radius 3 is 3.00 bits per heavy atom. The number of hydrogen-bond donors (Lipinski definition) is 1. The molecule has 0 bridgehead atoms. The molecule has 0 radical (unpaired) electrons. The second kappa shape index (κ2) is 8.12. The molecular weight excluding hydrogens is 308 g/mol. The summed E-state index contributed by atoms with van der Waals surface area (Å²) in [5.74, 6) is 2.56. The molecule has 24 heavy (non-hydrogen) atoms. The normalized spacial score (nSPS) is 16.7. The summed E-state index contributed by atoms with van der Waals surface area (Å²) in [5.41, 5.74) is 1.16. The van der Waals surface area contributed by atoms with E-state index in [1.165, 1.54) is 0 Å². The molecule has 0 unspecified atom stereocenters.